The van der Waals surface area contributed by atoms with Crippen LogP contribution in [0.1, 0.15) is 22.5 Å². The summed E-state index contributed by atoms with van der Waals surface area (Å²) in [4.78, 5) is 23.1. The average molecular weight is 411 g/mol. The summed E-state index contributed by atoms with van der Waals surface area (Å²) in [5.41, 5.74) is 0. The van der Waals surface area contributed by atoms with Crippen molar-refractivity contribution in [3.8, 4) is 0 Å². The van der Waals surface area contributed by atoms with E-state index in [0.29, 0.717) is 5.92 Å². The van der Waals surface area contributed by atoms with Crippen molar-refractivity contribution in [2.75, 3.05) is 45.7 Å². The second-order valence-electron chi connectivity index (χ2n) is 5.99. The lowest BCUT2D eigenvalue weighted by Crippen LogP contribution is -2.42. The molecule has 9 heteroatoms. The summed E-state index contributed by atoms with van der Waals surface area (Å²) < 4.78 is 1.11. The summed E-state index contributed by atoms with van der Waals surface area (Å²) in [6, 6.07) is 2.01. The highest BCUT2D eigenvalue weighted by Gasteiger charge is 2.25. The lowest BCUT2D eigenvalue weighted by atomic mass is 9.98. The molecule has 1 N–H and O–H groups in total. The number of halogens is 2. The van der Waals surface area contributed by atoms with Crippen LogP contribution in [-0.4, -0.2) is 56.6 Å². The Kier molecular flexibility index (Phi) is 8.22. The number of nitrogens with zero attached hydrogens (tertiary/aromatic N) is 3. The predicted molar refractivity (Wildman–Crippen MR) is 109 cm³/mol. The van der Waals surface area contributed by atoms with Crippen molar-refractivity contribution in [2.45, 2.75) is 12.8 Å². The van der Waals surface area contributed by atoms with E-state index >= 15 is 0 Å². The zero-order valence-electron chi connectivity index (χ0n) is 14.1. The number of likely N-dealkylation sites (tertiary alicyclic amines) is 1. The van der Waals surface area contributed by atoms with E-state index in [4.69, 9.17) is 0 Å². The van der Waals surface area contributed by atoms with Crippen molar-refractivity contribution >= 4 is 68.1 Å². The Bertz CT molecular complexity index is 640. The van der Waals surface area contributed by atoms with E-state index in [2.05, 4.69) is 10.3 Å². The van der Waals surface area contributed by atoms with Gasteiger partial charge in [-0.15, -0.1) is 36.2 Å². The van der Waals surface area contributed by atoms with E-state index in [9.17, 15) is 4.79 Å². The van der Waals surface area contributed by atoms with Gasteiger partial charge >= 0.3 is 0 Å². The lowest BCUT2D eigenvalue weighted by Gasteiger charge is -2.32. The fraction of sp³-hybridized carbons (Fsp3) is 0.600. The summed E-state index contributed by atoms with van der Waals surface area (Å²) in [5, 5.41) is 4.22. The molecule has 0 saturated carbocycles. The fourth-order valence-electron chi connectivity index (χ4n) is 2.88. The first-order chi connectivity index (χ1) is 10.6. The predicted octanol–water partition coefficient (Wildman–Crippen LogP) is 3.34. The number of piperidine rings is 1. The van der Waals surface area contributed by atoms with Gasteiger partial charge in [0.25, 0.3) is 5.91 Å². The third-order valence-electron chi connectivity index (χ3n) is 3.97. The molecule has 1 aliphatic rings. The topological polar surface area (TPSA) is 48.5 Å². The van der Waals surface area contributed by atoms with E-state index in [1.807, 2.05) is 37.0 Å². The number of aromatic nitrogens is 1. The number of rotatable bonds is 4. The Morgan fingerprint density at radius 3 is 2.79 bits per heavy atom. The van der Waals surface area contributed by atoms with Gasteiger partial charge in [0.15, 0.2) is 5.13 Å². The SMILES string of the molecule is CNCC1CCCN(C(=O)c2cc3sc(N(C)C)nc3s2)C1.Cl.Cl. The number of carbonyl (C=O) groups is 1. The molecule has 24 heavy (non-hydrogen) atoms. The molecule has 1 atom stereocenters. The van der Waals surface area contributed by atoms with Crippen molar-refractivity contribution in [2.24, 2.45) is 5.92 Å². The first-order valence-electron chi connectivity index (χ1n) is 7.60. The summed E-state index contributed by atoms with van der Waals surface area (Å²) in [6.07, 6.45) is 2.30. The summed E-state index contributed by atoms with van der Waals surface area (Å²) in [5.74, 6) is 0.740. The number of thiophene rings is 1. The Hall–Kier alpha value is -0.600. The number of carbonyl (C=O) groups excluding carboxylic acids is 1. The normalized spacial score (nSPS) is 17.3. The van der Waals surface area contributed by atoms with Crippen molar-refractivity contribution in [1.82, 2.24) is 15.2 Å². The van der Waals surface area contributed by atoms with Crippen LogP contribution in [0.2, 0.25) is 0 Å². The highest BCUT2D eigenvalue weighted by atomic mass is 35.5. The molecule has 1 saturated heterocycles. The molecule has 1 aliphatic heterocycles. The number of anilines is 1. The molecule has 0 bridgehead atoms. The molecule has 2 aromatic rings. The van der Waals surface area contributed by atoms with E-state index in [-0.39, 0.29) is 30.7 Å². The van der Waals surface area contributed by atoms with Gasteiger partial charge in [-0.2, -0.15) is 0 Å². The van der Waals surface area contributed by atoms with Gasteiger partial charge in [0.1, 0.15) is 4.83 Å². The average Bonchev–Trinajstić information content (AvgIpc) is 3.05. The van der Waals surface area contributed by atoms with Gasteiger partial charge in [-0.05, 0) is 38.4 Å². The maximum atomic E-state index is 12.7. The molecule has 2 aromatic heterocycles. The van der Waals surface area contributed by atoms with Gasteiger partial charge in [-0.25, -0.2) is 4.98 Å². The minimum absolute atomic E-state index is 0. The number of thiazole rings is 1. The molecule has 136 valence electrons. The molecule has 1 amide bonds. The van der Waals surface area contributed by atoms with Gasteiger partial charge in [0.2, 0.25) is 0 Å². The van der Waals surface area contributed by atoms with Crippen LogP contribution in [0.25, 0.3) is 9.53 Å². The quantitative estimate of drug-likeness (QED) is 0.839. The maximum absolute atomic E-state index is 12.7. The van der Waals surface area contributed by atoms with Crippen LogP contribution in [0.3, 0.4) is 0 Å². The molecule has 0 aliphatic carbocycles. The third kappa shape index (κ3) is 4.52. The van der Waals surface area contributed by atoms with E-state index in [1.54, 1.807) is 11.3 Å². The standard InChI is InChI=1S/C15H22N4OS2.2ClH/c1-16-8-10-5-4-6-19(9-10)14(20)12-7-11-13(21-12)17-15(22-11)18(2)3;;/h7,10,16H,4-6,8-9H2,1-3H3;2*1H. The van der Waals surface area contributed by atoms with Gasteiger partial charge in [-0.3, -0.25) is 4.79 Å². The first kappa shape index (κ1) is 21.4. The molecule has 0 spiro atoms. The zero-order valence-corrected chi connectivity index (χ0v) is 17.3. The molecule has 3 rings (SSSR count). The lowest BCUT2D eigenvalue weighted by molar-refractivity contribution is 0.0679. The monoisotopic (exact) mass is 410 g/mol. The molecule has 0 aromatic carbocycles. The van der Waals surface area contributed by atoms with Crippen molar-refractivity contribution in [3.05, 3.63) is 10.9 Å². The number of fused-ring (bicyclic) bond motifs is 1. The van der Waals surface area contributed by atoms with Crippen LogP contribution in [0.5, 0.6) is 0 Å². The van der Waals surface area contributed by atoms with Gasteiger partial charge in [0.05, 0.1) is 9.58 Å². The van der Waals surface area contributed by atoms with Gasteiger partial charge < -0.3 is 15.1 Å². The number of hydrogen-bond acceptors (Lipinski definition) is 6. The third-order valence-corrected chi connectivity index (χ3v) is 6.29. The number of hydrogen-bond donors (Lipinski definition) is 1. The summed E-state index contributed by atoms with van der Waals surface area (Å²) in [7, 11) is 5.95. The largest absolute Gasteiger partial charge is 0.354 e. The van der Waals surface area contributed by atoms with E-state index < -0.39 is 0 Å². The van der Waals surface area contributed by atoms with Crippen LogP contribution in [0, 0.1) is 5.92 Å². The fourth-order valence-corrected chi connectivity index (χ4v) is 4.98. The van der Waals surface area contributed by atoms with E-state index in [0.717, 1.165) is 45.6 Å². The highest BCUT2D eigenvalue weighted by molar-refractivity contribution is 7.29. The molecular formula is C15H24Cl2N4OS2. The summed E-state index contributed by atoms with van der Waals surface area (Å²) >= 11 is 3.16. The van der Waals surface area contributed by atoms with Crippen LogP contribution in [-0.2, 0) is 0 Å². The van der Waals surface area contributed by atoms with Crippen LogP contribution < -0.4 is 10.2 Å². The Morgan fingerprint density at radius 2 is 2.17 bits per heavy atom. The maximum Gasteiger partial charge on any atom is 0.264 e. The van der Waals surface area contributed by atoms with Crippen LogP contribution in [0.15, 0.2) is 6.07 Å². The van der Waals surface area contributed by atoms with Crippen molar-refractivity contribution < 1.29 is 4.79 Å². The van der Waals surface area contributed by atoms with Gasteiger partial charge in [0, 0.05) is 27.2 Å². The first-order valence-corrected chi connectivity index (χ1v) is 9.23. The second kappa shape index (κ2) is 9.20. The molecule has 1 fully saturated rings. The van der Waals surface area contributed by atoms with Crippen LogP contribution in [0.4, 0.5) is 5.13 Å². The zero-order chi connectivity index (χ0) is 15.7. The van der Waals surface area contributed by atoms with Crippen LogP contribution >= 0.6 is 47.5 Å². The Balaban J connectivity index is 0.00000144. The second-order valence-corrected chi connectivity index (χ2v) is 8.03. The Morgan fingerprint density at radius 1 is 1.42 bits per heavy atom. The molecule has 1 unspecified atom stereocenters. The van der Waals surface area contributed by atoms with Gasteiger partial charge in [-0.1, -0.05) is 11.3 Å². The minimum Gasteiger partial charge on any atom is -0.354 e. The molecular weight excluding hydrogens is 387 g/mol. The van der Waals surface area contributed by atoms with Crippen molar-refractivity contribution in [1.29, 1.82) is 0 Å². The minimum atomic E-state index is 0. The smallest absolute Gasteiger partial charge is 0.264 e. The van der Waals surface area contributed by atoms with E-state index in [1.165, 1.54) is 17.8 Å². The highest BCUT2D eigenvalue weighted by Crippen LogP contribution is 2.34. The summed E-state index contributed by atoms with van der Waals surface area (Å²) in [6.45, 7) is 2.72. The number of nitrogens with one attached hydrogen (secondary N) is 1. The van der Waals surface area contributed by atoms with Crippen molar-refractivity contribution in [3.63, 3.8) is 0 Å². The Labute approximate surface area is 163 Å². The molecule has 5 nitrogen and oxygen atoms in total. The number of amides is 1. The molecule has 0 radical (unpaired) electrons. The molecule has 3 heterocycles.